The van der Waals surface area contributed by atoms with Gasteiger partial charge in [0.15, 0.2) is 0 Å². The van der Waals surface area contributed by atoms with Gasteiger partial charge in [-0.25, -0.2) is 4.98 Å². The molecule has 1 unspecified atom stereocenters. The predicted octanol–water partition coefficient (Wildman–Crippen LogP) is 3.75. The topological polar surface area (TPSA) is 74.8 Å². The van der Waals surface area contributed by atoms with Crippen LogP contribution in [-0.2, 0) is 33.7 Å². The summed E-state index contributed by atoms with van der Waals surface area (Å²) in [6, 6.07) is 18.4. The van der Waals surface area contributed by atoms with Crippen molar-refractivity contribution in [3.63, 3.8) is 0 Å². The highest BCUT2D eigenvalue weighted by Gasteiger charge is 2.35. The molecule has 2 aliphatic heterocycles. The number of hydrogen-bond acceptors (Lipinski definition) is 6. The van der Waals surface area contributed by atoms with Crippen molar-refractivity contribution in [2.75, 3.05) is 43.1 Å². The minimum Gasteiger partial charge on any atom is -0.379 e. The Balaban J connectivity index is 1.13. The number of nitrogens with one attached hydrogen (secondary N) is 1. The van der Waals surface area contributed by atoms with Crippen LogP contribution in [0.15, 0.2) is 60.8 Å². The van der Waals surface area contributed by atoms with Crippen LogP contribution in [0.4, 0.5) is 10.7 Å². The third kappa shape index (κ3) is 6.14. The molecule has 8 heteroatoms. The third-order valence-electron chi connectivity index (χ3n) is 6.52. The molecular weight excluding hydrogens is 460 g/mol. The van der Waals surface area contributed by atoms with Crippen LogP contribution in [0, 0.1) is 5.92 Å². The molecule has 0 radical (unpaired) electrons. The monoisotopic (exact) mass is 490 g/mol. The van der Waals surface area contributed by atoms with Gasteiger partial charge in [0.05, 0.1) is 30.3 Å². The molecule has 7 nitrogen and oxygen atoms in total. The third-order valence-corrected chi connectivity index (χ3v) is 7.50. The fourth-order valence-corrected chi connectivity index (χ4v) is 5.35. The van der Waals surface area contributed by atoms with Crippen molar-refractivity contribution in [2.24, 2.45) is 5.92 Å². The lowest BCUT2D eigenvalue weighted by Crippen LogP contribution is -2.35. The number of anilines is 2. The van der Waals surface area contributed by atoms with Gasteiger partial charge in [0.1, 0.15) is 5.00 Å². The number of amides is 2. The van der Waals surface area contributed by atoms with E-state index in [-0.39, 0.29) is 24.2 Å². The molecule has 0 spiro atoms. The van der Waals surface area contributed by atoms with Crippen molar-refractivity contribution in [1.82, 2.24) is 9.88 Å². The van der Waals surface area contributed by atoms with E-state index >= 15 is 0 Å². The van der Waals surface area contributed by atoms with Crippen LogP contribution in [0.1, 0.15) is 22.6 Å². The number of benzene rings is 2. The Morgan fingerprint density at radius 3 is 2.57 bits per heavy atom. The van der Waals surface area contributed by atoms with E-state index in [2.05, 4.69) is 39.5 Å². The van der Waals surface area contributed by atoms with Crippen LogP contribution in [0.5, 0.6) is 0 Å². The predicted molar refractivity (Wildman–Crippen MR) is 138 cm³/mol. The molecule has 2 aliphatic rings. The van der Waals surface area contributed by atoms with Crippen molar-refractivity contribution < 1.29 is 14.3 Å². The Bertz CT molecular complexity index is 1140. The number of carbonyl (C=O) groups excluding carboxylic acids is 2. The van der Waals surface area contributed by atoms with Gasteiger partial charge in [0, 0.05) is 44.7 Å². The quantitative estimate of drug-likeness (QED) is 0.521. The normalized spacial score (nSPS) is 18.7. The van der Waals surface area contributed by atoms with E-state index in [1.165, 1.54) is 22.5 Å². The first-order valence-corrected chi connectivity index (χ1v) is 12.9. The van der Waals surface area contributed by atoms with E-state index in [0.717, 1.165) is 61.4 Å². The maximum Gasteiger partial charge on any atom is 0.230 e. The molecule has 2 fully saturated rings. The molecule has 0 aliphatic carbocycles. The Hall–Kier alpha value is -3.07. The van der Waals surface area contributed by atoms with Crippen LogP contribution >= 0.6 is 11.3 Å². The van der Waals surface area contributed by atoms with E-state index in [1.807, 2.05) is 30.3 Å². The summed E-state index contributed by atoms with van der Waals surface area (Å²) in [5.41, 5.74) is 3.33. The summed E-state index contributed by atoms with van der Waals surface area (Å²) >= 11 is 1.50. The van der Waals surface area contributed by atoms with E-state index in [1.54, 1.807) is 11.1 Å². The summed E-state index contributed by atoms with van der Waals surface area (Å²) in [6.45, 7) is 4.72. The number of aryl methyl sites for hydroxylation is 2. The second-order valence-electron chi connectivity index (χ2n) is 9.05. The zero-order chi connectivity index (χ0) is 24.0. The van der Waals surface area contributed by atoms with Gasteiger partial charge >= 0.3 is 0 Å². The van der Waals surface area contributed by atoms with E-state index in [9.17, 15) is 9.59 Å². The lowest BCUT2D eigenvalue weighted by Gasteiger charge is -2.26. The smallest absolute Gasteiger partial charge is 0.230 e. The molecule has 182 valence electrons. The standard InChI is InChI=1S/C27H30N4O3S/c32-26-16-22(19-31(26)23-9-6-21(7-10-23)18-30-12-14-34-15-13-30)27(33)29-25-17-28-24(35-25)11-8-20-4-2-1-3-5-20/h1-7,9-10,17,22H,8,11-16,18-19H2,(H,29,33). The first kappa shape index (κ1) is 23.7. The molecule has 35 heavy (non-hydrogen) atoms. The average molecular weight is 491 g/mol. The Labute approximate surface area is 209 Å². The number of rotatable bonds is 8. The van der Waals surface area contributed by atoms with Gasteiger partial charge in [-0.2, -0.15) is 0 Å². The number of thiazole rings is 1. The molecule has 1 aromatic heterocycles. The van der Waals surface area contributed by atoms with Crippen LogP contribution in [0.25, 0.3) is 0 Å². The molecular formula is C27H30N4O3S. The fourth-order valence-electron chi connectivity index (χ4n) is 4.53. The maximum absolute atomic E-state index is 12.9. The number of aromatic nitrogens is 1. The van der Waals surface area contributed by atoms with Crippen LogP contribution < -0.4 is 10.2 Å². The molecule has 3 heterocycles. The first-order chi connectivity index (χ1) is 17.1. The van der Waals surface area contributed by atoms with E-state index < -0.39 is 0 Å². The zero-order valence-corrected chi connectivity index (χ0v) is 20.5. The number of hydrogen-bond donors (Lipinski definition) is 1. The fraction of sp³-hybridized carbons (Fsp3) is 0.370. The van der Waals surface area contributed by atoms with E-state index in [4.69, 9.17) is 4.74 Å². The van der Waals surface area contributed by atoms with Crippen molar-refractivity contribution in [1.29, 1.82) is 0 Å². The van der Waals surface area contributed by atoms with Gasteiger partial charge in [-0.1, -0.05) is 42.5 Å². The SMILES string of the molecule is O=C(Nc1cnc(CCc2ccccc2)s1)C1CC(=O)N(c2ccc(CN3CCOCC3)cc2)C1. The van der Waals surface area contributed by atoms with Crippen LogP contribution in [0.3, 0.4) is 0 Å². The second kappa shape index (κ2) is 11.1. The summed E-state index contributed by atoms with van der Waals surface area (Å²) in [7, 11) is 0. The molecule has 1 N–H and O–H groups in total. The summed E-state index contributed by atoms with van der Waals surface area (Å²) in [5, 5.41) is 4.70. The Morgan fingerprint density at radius 1 is 1.03 bits per heavy atom. The van der Waals surface area contributed by atoms with Crippen molar-refractivity contribution in [2.45, 2.75) is 25.8 Å². The molecule has 0 saturated carbocycles. The number of nitrogens with zero attached hydrogens (tertiary/aromatic N) is 3. The molecule has 5 rings (SSSR count). The maximum atomic E-state index is 12.9. The van der Waals surface area contributed by atoms with Gasteiger partial charge in [-0.3, -0.25) is 14.5 Å². The zero-order valence-electron chi connectivity index (χ0n) is 19.7. The number of carbonyl (C=O) groups is 2. The minimum absolute atomic E-state index is 0.0149. The van der Waals surface area contributed by atoms with Gasteiger partial charge in [0.2, 0.25) is 11.8 Å². The van der Waals surface area contributed by atoms with Gasteiger partial charge in [-0.05, 0) is 29.7 Å². The number of morpholine rings is 1. The number of ether oxygens (including phenoxy) is 1. The van der Waals surface area contributed by atoms with Gasteiger partial charge in [0.25, 0.3) is 0 Å². The average Bonchev–Trinajstić information content (AvgIpc) is 3.51. The highest BCUT2D eigenvalue weighted by atomic mass is 32.1. The molecule has 1 atom stereocenters. The van der Waals surface area contributed by atoms with Crippen LogP contribution in [0.2, 0.25) is 0 Å². The Morgan fingerprint density at radius 2 is 1.80 bits per heavy atom. The van der Waals surface area contributed by atoms with E-state index in [0.29, 0.717) is 6.54 Å². The summed E-state index contributed by atoms with van der Waals surface area (Å²) in [6.07, 6.45) is 3.69. The summed E-state index contributed by atoms with van der Waals surface area (Å²) in [4.78, 5) is 34.1. The Kier molecular flexibility index (Phi) is 7.51. The summed E-state index contributed by atoms with van der Waals surface area (Å²) < 4.78 is 5.41. The highest BCUT2D eigenvalue weighted by molar-refractivity contribution is 7.15. The lowest BCUT2D eigenvalue weighted by molar-refractivity contribution is -0.122. The van der Waals surface area contributed by atoms with Crippen LogP contribution in [-0.4, -0.2) is 54.5 Å². The van der Waals surface area contributed by atoms with Crippen molar-refractivity contribution in [3.05, 3.63) is 76.9 Å². The largest absolute Gasteiger partial charge is 0.379 e. The molecule has 2 amide bonds. The molecule has 0 bridgehead atoms. The molecule has 2 saturated heterocycles. The summed E-state index contributed by atoms with van der Waals surface area (Å²) in [5.74, 6) is -0.507. The van der Waals surface area contributed by atoms with Gasteiger partial charge < -0.3 is 15.0 Å². The second-order valence-corrected chi connectivity index (χ2v) is 10.2. The molecule has 2 aromatic carbocycles. The first-order valence-electron chi connectivity index (χ1n) is 12.1. The van der Waals surface area contributed by atoms with Crippen molar-refractivity contribution in [3.8, 4) is 0 Å². The minimum atomic E-state index is -0.370. The van der Waals surface area contributed by atoms with Gasteiger partial charge in [-0.15, -0.1) is 11.3 Å². The lowest BCUT2D eigenvalue weighted by atomic mass is 10.1. The molecule has 3 aromatic rings. The highest BCUT2D eigenvalue weighted by Crippen LogP contribution is 2.28. The van der Waals surface area contributed by atoms with Crippen molar-refractivity contribution >= 4 is 33.8 Å².